The van der Waals surface area contributed by atoms with Gasteiger partial charge in [-0.3, -0.25) is 0 Å². The van der Waals surface area contributed by atoms with E-state index in [0.717, 1.165) is 5.69 Å². The van der Waals surface area contributed by atoms with Crippen molar-refractivity contribution < 1.29 is 0 Å². The van der Waals surface area contributed by atoms with Crippen LogP contribution in [0.25, 0.3) is 10.8 Å². The van der Waals surface area contributed by atoms with Crippen molar-refractivity contribution in [2.45, 2.75) is 38.0 Å². The van der Waals surface area contributed by atoms with Crippen molar-refractivity contribution in [1.29, 1.82) is 0 Å². The van der Waals surface area contributed by atoms with Crippen molar-refractivity contribution in [2.75, 3.05) is 5.73 Å². The average molecular weight is 225 g/mol. The number of nitrogen functional groups attached to an aromatic ring is 1. The van der Waals surface area contributed by atoms with E-state index in [9.17, 15) is 0 Å². The van der Waals surface area contributed by atoms with Crippen LogP contribution in [0.4, 0.5) is 5.69 Å². The molecule has 0 saturated heterocycles. The third kappa shape index (κ3) is 1.90. The van der Waals surface area contributed by atoms with Crippen LogP contribution in [0.5, 0.6) is 0 Å². The van der Waals surface area contributed by atoms with Gasteiger partial charge >= 0.3 is 0 Å². The van der Waals surface area contributed by atoms with E-state index in [0.29, 0.717) is 5.92 Å². The van der Waals surface area contributed by atoms with Crippen LogP contribution in [0.3, 0.4) is 0 Å². The maximum absolute atomic E-state index is 6.22. The average Bonchev–Trinajstić information content (AvgIpc) is 2.39. The normalized spacial score (nSPS) is 17.4. The zero-order valence-electron chi connectivity index (χ0n) is 10.2. The topological polar surface area (TPSA) is 26.0 Å². The fourth-order valence-corrected chi connectivity index (χ4v) is 3.16. The molecular formula is C16H19N. The molecule has 17 heavy (non-hydrogen) atoms. The Labute approximate surface area is 103 Å². The molecule has 0 heterocycles. The Morgan fingerprint density at radius 2 is 1.65 bits per heavy atom. The van der Waals surface area contributed by atoms with E-state index in [4.69, 9.17) is 5.73 Å². The minimum atomic E-state index is 0.676. The van der Waals surface area contributed by atoms with Gasteiger partial charge < -0.3 is 5.73 Å². The zero-order valence-corrected chi connectivity index (χ0v) is 10.2. The van der Waals surface area contributed by atoms with Crippen LogP contribution in [-0.4, -0.2) is 0 Å². The Bertz CT molecular complexity index is 524. The second-order valence-electron chi connectivity index (χ2n) is 5.12. The fraction of sp³-hybridized carbons (Fsp3) is 0.375. The first-order chi connectivity index (χ1) is 8.36. The molecule has 2 aromatic carbocycles. The van der Waals surface area contributed by atoms with Gasteiger partial charge in [-0.2, -0.15) is 0 Å². The summed E-state index contributed by atoms with van der Waals surface area (Å²) >= 11 is 0. The molecule has 0 radical (unpaired) electrons. The third-order valence-corrected chi connectivity index (χ3v) is 4.02. The van der Waals surface area contributed by atoms with Crippen LogP contribution in [0.15, 0.2) is 36.4 Å². The molecule has 3 rings (SSSR count). The summed E-state index contributed by atoms with van der Waals surface area (Å²) in [5, 5.41) is 2.68. The van der Waals surface area contributed by atoms with Gasteiger partial charge in [0.05, 0.1) is 0 Å². The van der Waals surface area contributed by atoms with Gasteiger partial charge in [0.25, 0.3) is 0 Å². The molecule has 1 fully saturated rings. The van der Waals surface area contributed by atoms with Crippen molar-refractivity contribution in [3.8, 4) is 0 Å². The van der Waals surface area contributed by atoms with Crippen molar-refractivity contribution in [3.05, 3.63) is 42.0 Å². The molecular weight excluding hydrogens is 206 g/mol. The maximum atomic E-state index is 6.22. The van der Waals surface area contributed by atoms with Gasteiger partial charge in [-0.1, -0.05) is 49.6 Å². The van der Waals surface area contributed by atoms with E-state index in [-0.39, 0.29) is 0 Å². The first kappa shape index (κ1) is 10.6. The Hall–Kier alpha value is -1.50. The number of hydrogen-bond acceptors (Lipinski definition) is 1. The molecule has 1 saturated carbocycles. The highest BCUT2D eigenvalue weighted by Crippen LogP contribution is 2.39. The Morgan fingerprint density at radius 1 is 0.882 bits per heavy atom. The van der Waals surface area contributed by atoms with E-state index in [1.165, 1.54) is 48.4 Å². The molecule has 1 aliphatic carbocycles. The van der Waals surface area contributed by atoms with Crippen molar-refractivity contribution >= 4 is 16.5 Å². The molecule has 2 N–H and O–H groups in total. The number of rotatable bonds is 1. The van der Waals surface area contributed by atoms with E-state index in [1.807, 2.05) is 0 Å². The quantitative estimate of drug-likeness (QED) is 0.712. The largest absolute Gasteiger partial charge is 0.398 e. The second-order valence-corrected chi connectivity index (χ2v) is 5.12. The highest BCUT2D eigenvalue weighted by Gasteiger charge is 2.19. The van der Waals surface area contributed by atoms with Crippen LogP contribution in [0, 0.1) is 0 Å². The molecule has 0 amide bonds. The lowest BCUT2D eigenvalue weighted by molar-refractivity contribution is 0.446. The van der Waals surface area contributed by atoms with Gasteiger partial charge in [0.15, 0.2) is 0 Å². The zero-order chi connectivity index (χ0) is 11.7. The molecule has 1 heteroatoms. The van der Waals surface area contributed by atoms with Crippen LogP contribution in [0.2, 0.25) is 0 Å². The summed E-state index contributed by atoms with van der Waals surface area (Å²) in [6.07, 6.45) is 6.71. The minimum Gasteiger partial charge on any atom is -0.398 e. The molecule has 0 spiro atoms. The first-order valence-electron chi connectivity index (χ1n) is 6.63. The summed E-state index contributed by atoms with van der Waals surface area (Å²) in [7, 11) is 0. The monoisotopic (exact) mass is 225 g/mol. The van der Waals surface area contributed by atoms with Crippen molar-refractivity contribution in [3.63, 3.8) is 0 Å². The molecule has 1 aliphatic rings. The van der Waals surface area contributed by atoms with E-state index in [2.05, 4.69) is 36.4 Å². The number of anilines is 1. The Kier molecular flexibility index (Phi) is 2.76. The third-order valence-electron chi connectivity index (χ3n) is 4.02. The SMILES string of the molecule is Nc1ccc2ccccc2c1C1CCCCC1. The lowest BCUT2D eigenvalue weighted by atomic mass is 9.81. The van der Waals surface area contributed by atoms with Gasteiger partial charge in [-0.15, -0.1) is 0 Å². The summed E-state index contributed by atoms with van der Waals surface area (Å²) in [6, 6.07) is 12.8. The summed E-state index contributed by atoms with van der Waals surface area (Å²) < 4.78 is 0. The van der Waals surface area contributed by atoms with E-state index < -0.39 is 0 Å². The second kappa shape index (κ2) is 4.40. The molecule has 0 aromatic heterocycles. The molecule has 88 valence electrons. The summed E-state index contributed by atoms with van der Waals surface area (Å²) in [6.45, 7) is 0. The highest BCUT2D eigenvalue weighted by atomic mass is 14.6. The lowest BCUT2D eigenvalue weighted by Gasteiger charge is -2.24. The van der Waals surface area contributed by atoms with E-state index >= 15 is 0 Å². The minimum absolute atomic E-state index is 0.676. The van der Waals surface area contributed by atoms with Crippen LogP contribution >= 0.6 is 0 Å². The molecule has 0 atom stereocenters. The first-order valence-corrected chi connectivity index (χ1v) is 6.63. The van der Waals surface area contributed by atoms with E-state index in [1.54, 1.807) is 0 Å². The smallest absolute Gasteiger partial charge is 0.0355 e. The summed E-state index contributed by atoms with van der Waals surface area (Å²) in [5.41, 5.74) is 8.60. The summed E-state index contributed by atoms with van der Waals surface area (Å²) in [4.78, 5) is 0. The number of hydrogen-bond donors (Lipinski definition) is 1. The van der Waals surface area contributed by atoms with Crippen LogP contribution in [0.1, 0.15) is 43.6 Å². The predicted octanol–water partition coefficient (Wildman–Crippen LogP) is 4.47. The Morgan fingerprint density at radius 3 is 2.47 bits per heavy atom. The van der Waals surface area contributed by atoms with Gasteiger partial charge in [-0.05, 0) is 41.2 Å². The standard InChI is InChI=1S/C16H19N/c17-15-11-10-12-6-4-5-9-14(12)16(15)13-7-2-1-3-8-13/h4-6,9-11,13H,1-3,7-8,17H2. The van der Waals surface area contributed by atoms with Crippen LogP contribution in [-0.2, 0) is 0 Å². The molecule has 0 aliphatic heterocycles. The number of nitrogens with two attached hydrogens (primary N) is 1. The number of benzene rings is 2. The molecule has 0 unspecified atom stereocenters. The predicted molar refractivity (Wildman–Crippen MR) is 74.2 cm³/mol. The van der Waals surface area contributed by atoms with Gasteiger partial charge in [-0.25, -0.2) is 0 Å². The van der Waals surface area contributed by atoms with Crippen molar-refractivity contribution in [2.24, 2.45) is 0 Å². The van der Waals surface area contributed by atoms with Crippen LogP contribution < -0.4 is 5.73 Å². The summed E-state index contributed by atoms with van der Waals surface area (Å²) in [5.74, 6) is 0.676. The molecule has 2 aromatic rings. The van der Waals surface area contributed by atoms with Gasteiger partial charge in [0.2, 0.25) is 0 Å². The fourth-order valence-electron chi connectivity index (χ4n) is 3.16. The maximum Gasteiger partial charge on any atom is 0.0355 e. The van der Waals surface area contributed by atoms with Crippen molar-refractivity contribution in [1.82, 2.24) is 0 Å². The molecule has 1 nitrogen and oxygen atoms in total. The number of fused-ring (bicyclic) bond motifs is 1. The molecule has 0 bridgehead atoms. The van der Waals surface area contributed by atoms with Gasteiger partial charge in [0.1, 0.15) is 0 Å². The Balaban J connectivity index is 2.15. The lowest BCUT2D eigenvalue weighted by Crippen LogP contribution is -2.07. The van der Waals surface area contributed by atoms with Gasteiger partial charge in [0, 0.05) is 5.69 Å². The highest BCUT2D eigenvalue weighted by molar-refractivity contribution is 5.90.